The van der Waals surface area contributed by atoms with Gasteiger partial charge in [0.15, 0.2) is 0 Å². The number of carbonyl (C=O) groups is 1. The van der Waals surface area contributed by atoms with E-state index in [1.165, 1.54) is 25.0 Å². The first-order valence-electron chi connectivity index (χ1n) is 12.4. The van der Waals surface area contributed by atoms with Crippen LogP contribution >= 0.6 is 0 Å². The van der Waals surface area contributed by atoms with Crippen LogP contribution in [0.4, 0.5) is 0 Å². The zero-order valence-corrected chi connectivity index (χ0v) is 19.1. The van der Waals surface area contributed by atoms with Crippen LogP contribution < -0.4 is 5.32 Å². The van der Waals surface area contributed by atoms with Crippen molar-refractivity contribution in [2.75, 3.05) is 26.8 Å². The molecule has 5 heteroatoms. The lowest BCUT2D eigenvalue weighted by Gasteiger charge is -2.62. The van der Waals surface area contributed by atoms with E-state index < -0.39 is 0 Å². The minimum Gasteiger partial charge on any atom is -0.391 e. The van der Waals surface area contributed by atoms with Gasteiger partial charge < -0.3 is 14.9 Å². The topological polar surface area (TPSA) is 59.9 Å². The van der Waals surface area contributed by atoms with Gasteiger partial charge >= 0.3 is 0 Å². The number of fused-ring (bicyclic) bond motifs is 5. The Balaban J connectivity index is 1.37. The van der Waals surface area contributed by atoms with Crippen molar-refractivity contribution >= 4 is 11.5 Å². The largest absolute Gasteiger partial charge is 0.391 e. The molecular formula is C25H40N2O3. The van der Waals surface area contributed by atoms with Gasteiger partial charge in [-0.05, 0) is 86.5 Å². The number of ether oxygens (including phenoxy) is 1. The number of carbonyl (C=O) groups excluding carboxylic acids is 1. The third kappa shape index (κ3) is 3.26. The van der Waals surface area contributed by atoms with Crippen molar-refractivity contribution in [2.45, 2.75) is 77.7 Å². The number of hydrogen-bond donors (Lipinski definition) is 1. The second-order valence-corrected chi connectivity index (χ2v) is 11.4. The highest BCUT2D eigenvalue weighted by Crippen LogP contribution is 2.66. The number of nitrogens with one attached hydrogen (secondary N) is 1. The molecule has 4 saturated carbocycles. The molecule has 0 radical (unpaired) electrons. The standard InChI is InChI=1S/C25H40N2O3/c1-24-9-6-18(27-30-19-8-11-26-14-19)13-17(24)12-16(15-29-3)23-20-4-5-22(28)25(20,2)10-7-21(23)24/h16-17,19-21,23,26H,4-15H2,1-3H3/b27-18+/t16-,17?,19+,20-,21-,23-,24-,25-/m0/s1. The van der Waals surface area contributed by atoms with Crippen molar-refractivity contribution in [3.63, 3.8) is 0 Å². The van der Waals surface area contributed by atoms with Gasteiger partial charge in [0, 0.05) is 38.5 Å². The molecule has 0 spiro atoms. The van der Waals surface area contributed by atoms with Crippen LogP contribution in [-0.2, 0) is 14.4 Å². The summed E-state index contributed by atoms with van der Waals surface area (Å²) < 4.78 is 5.75. The van der Waals surface area contributed by atoms with Crippen LogP contribution in [0.2, 0.25) is 0 Å². The molecule has 0 aromatic carbocycles. The average molecular weight is 417 g/mol. The highest BCUT2D eigenvalue weighted by molar-refractivity contribution is 5.87. The van der Waals surface area contributed by atoms with Gasteiger partial charge in [0.1, 0.15) is 11.9 Å². The van der Waals surface area contributed by atoms with Crippen LogP contribution in [0.15, 0.2) is 5.16 Å². The SMILES string of the molecule is COC[C@@H]1CC2C/C(=N/O[C@@H]3CCNC3)CC[C@]2(C)[C@H]2CC[C@]3(C)C(=O)CC[C@H]3[C@H]12. The molecule has 5 fully saturated rings. The van der Waals surface area contributed by atoms with Crippen molar-refractivity contribution in [1.29, 1.82) is 0 Å². The van der Waals surface area contributed by atoms with Crippen molar-refractivity contribution in [1.82, 2.24) is 5.32 Å². The Kier molecular flexibility index (Phi) is 5.50. The minimum atomic E-state index is -0.0687. The predicted molar refractivity (Wildman–Crippen MR) is 117 cm³/mol. The maximum absolute atomic E-state index is 12.8. The van der Waals surface area contributed by atoms with E-state index in [1.807, 2.05) is 7.11 Å². The Hall–Kier alpha value is -0.940. The second-order valence-electron chi connectivity index (χ2n) is 11.4. The zero-order chi connectivity index (χ0) is 20.9. The van der Waals surface area contributed by atoms with Crippen LogP contribution in [0.5, 0.6) is 0 Å². The lowest BCUT2D eigenvalue weighted by atomic mass is 9.43. The lowest BCUT2D eigenvalue weighted by molar-refractivity contribution is -0.149. The molecule has 0 aromatic rings. The summed E-state index contributed by atoms with van der Waals surface area (Å²) >= 11 is 0. The van der Waals surface area contributed by atoms with Crippen LogP contribution in [-0.4, -0.2) is 44.4 Å². The van der Waals surface area contributed by atoms with E-state index in [-0.39, 0.29) is 11.5 Å². The average Bonchev–Trinajstić information content (AvgIpc) is 3.35. The molecule has 1 N–H and O–H groups in total. The first kappa shape index (κ1) is 20.9. The summed E-state index contributed by atoms with van der Waals surface area (Å²) in [6.07, 6.45) is 10.1. The molecule has 1 saturated heterocycles. The summed E-state index contributed by atoms with van der Waals surface area (Å²) in [5, 5.41) is 7.99. The fourth-order valence-electron chi connectivity index (χ4n) is 8.34. The molecule has 0 amide bonds. The van der Waals surface area contributed by atoms with Gasteiger partial charge in [-0.2, -0.15) is 0 Å². The summed E-state index contributed by atoms with van der Waals surface area (Å²) in [4.78, 5) is 18.7. The van der Waals surface area contributed by atoms with Crippen molar-refractivity contribution < 1.29 is 14.4 Å². The summed E-state index contributed by atoms with van der Waals surface area (Å²) in [5.41, 5.74) is 1.58. The van der Waals surface area contributed by atoms with Crippen molar-refractivity contribution in [3.05, 3.63) is 0 Å². The fraction of sp³-hybridized carbons (Fsp3) is 0.920. The number of ketones is 1. The van der Waals surface area contributed by atoms with Crippen LogP contribution in [0.3, 0.4) is 0 Å². The Morgan fingerprint density at radius 2 is 2.00 bits per heavy atom. The smallest absolute Gasteiger partial charge is 0.141 e. The number of hydrogen-bond acceptors (Lipinski definition) is 5. The number of Topliss-reactive ketones (excluding diaryl/α,β-unsaturated/α-hetero) is 1. The fourth-order valence-corrected chi connectivity index (χ4v) is 8.34. The van der Waals surface area contributed by atoms with Gasteiger partial charge in [-0.1, -0.05) is 19.0 Å². The first-order valence-corrected chi connectivity index (χ1v) is 12.4. The van der Waals surface area contributed by atoms with E-state index in [4.69, 9.17) is 9.57 Å². The van der Waals surface area contributed by atoms with Crippen molar-refractivity contribution in [2.24, 2.45) is 45.6 Å². The maximum atomic E-state index is 12.8. The van der Waals surface area contributed by atoms with Crippen LogP contribution in [0.25, 0.3) is 0 Å². The summed E-state index contributed by atoms with van der Waals surface area (Å²) in [6.45, 7) is 7.65. The quantitative estimate of drug-likeness (QED) is 0.698. The van der Waals surface area contributed by atoms with Gasteiger partial charge in [-0.3, -0.25) is 4.79 Å². The van der Waals surface area contributed by atoms with E-state index in [0.717, 1.165) is 64.1 Å². The number of nitrogens with zero attached hydrogens (tertiary/aromatic N) is 1. The molecule has 5 aliphatic rings. The maximum Gasteiger partial charge on any atom is 0.141 e. The zero-order valence-electron chi connectivity index (χ0n) is 19.1. The van der Waals surface area contributed by atoms with E-state index in [2.05, 4.69) is 24.3 Å². The van der Waals surface area contributed by atoms with E-state index in [0.29, 0.717) is 34.9 Å². The van der Waals surface area contributed by atoms with Crippen LogP contribution in [0, 0.1) is 40.4 Å². The molecule has 5 rings (SSSR count). The third-order valence-corrected chi connectivity index (χ3v) is 10.1. The minimum absolute atomic E-state index is 0.0687. The monoisotopic (exact) mass is 416 g/mol. The molecule has 1 heterocycles. The molecule has 0 aromatic heterocycles. The van der Waals surface area contributed by atoms with Gasteiger partial charge in [0.25, 0.3) is 0 Å². The lowest BCUT2D eigenvalue weighted by Crippen LogP contribution is -2.57. The first-order chi connectivity index (χ1) is 14.5. The Bertz CT molecular complexity index is 703. The molecule has 1 aliphatic heterocycles. The summed E-state index contributed by atoms with van der Waals surface area (Å²) in [6, 6.07) is 0. The normalized spacial score (nSPS) is 49.6. The second kappa shape index (κ2) is 7.88. The molecule has 0 bridgehead atoms. The molecule has 1 unspecified atom stereocenters. The van der Waals surface area contributed by atoms with Gasteiger partial charge in [0.2, 0.25) is 0 Å². The van der Waals surface area contributed by atoms with Gasteiger partial charge in [0.05, 0.1) is 5.71 Å². The number of rotatable bonds is 4. The Labute approximate surface area is 181 Å². The van der Waals surface area contributed by atoms with E-state index in [9.17, 15) is 4.79 Å². The third-order valence-electron chi connectivity index (χ3n) is 10.1. The predicted octanol–water partition coefficient (Wildman–Crippen LogP) is 4.21. The van der Waals surface area contributed by atoms with E-state index in [1.54, 1.807) is 0 Å². The Morgan fingerprint density at radius 3 is 2.77 bits per heavy atom. The Morgan fingerprint density at radius 1 is 1.13 bits per heavy atom. The molecular weight excluding hydrogens is 376 g/mol. The highest BCUT2D eigenvalue weighted by atomic mass is 16.6. The molecule has 5 nitrogen and oxygen atoms in total. The molecule has 30 heavy (non-hydrogen) atoms. The number of methoxy groups -OCH3 is 1. The van der Waals surface area contributed by atoms with Gasteiger partial charge in [-0.15, -0.1) is 0 Å². The molecule has 8 atom stereocenters. The summed E-state index contributed by atoms with van der Waals surface area (Å²) in [5.74, 6) is 3.71. The number of oxime groups is 1. The summed E-state index contributed by atoms with van der Waals surface area (Å²) in [7, 11) is 1.85. The molecule has 168 valence electrons. The highest BCUT2D eigenvalue weighted by Gasteiger charge is 2.62. The molecule has 4 aliphatic carbocycles. The van der Waals surface area contributed by atoms with E-state index >= 15 is 0 Å². The van der Waals surface area contributed by atoms with Crippen LogP contribution in [0.1, 0.15) is 71.6 Å². The van der Waals surface area contributed by atoms with Crippen molar-refractivity contribution in [3.8, 4) is 0 Å². The van der Waals surface area contributed by atoms with Gasteiger partial charge in [-0.25, -0.2) is 0 Å².